The van der Waals surface area contributed by atoms with E-state index in [1.54, 1.807) is 6.07 Å². The van der Waals surface area contributed by atoms with Gasteiger partial charge in [0.25, 0.3) is 0 Å². The van der Waals surface area contributed by atoms with Crippen molar-refractivity contribution in [3.63, 3.8) is 0 Å². The number of rotatable bonds is 5. The number of primary amides is 1. The first-order chi connectivity index (χ1) is 9.95. The number of nitrogens with two attached hydrogens (primary N) is 1. The van der Waals surface area contributed by atoms with Crippen molar-refractivity contribution in [2.75, 3.05) is 19.6 Å². The lowest BCUT2D eigenvalue weighted by molar-refractivity contribution is -0.119. The minimum Gasteiger partial charge on any atom is -0.369 e. The van der Waals surface area contributed by atoms with E-state index in [0.29, 0.717) is 17.1 Å². The van der Waals surface area contributed by atoms with E-state index >= 15 is 0 Å². The van der Waals surface area contributed by atoms with E-state index < -0.39 is 0 Å². The number of carbonyl (C=O) groups excluding carboxylic acids is 1. The molecule has 6 heteroatoms. The van der Waals surface area contributed by atoms with Crippen molar-refractivity contribution in [3.05, 3.63) is 34.1 Å². The van der Waals surface area contributed by atoms with Gasteiger partial charge in [-0.05, 0) is 53.4 Å². The second-order valence-corrected chi connectivity index (χ2v) is 6.43. The van der Waals surface area contributed by atoms with Crippen LogP contribution in [0.3, 0.4) is 0 Å². The molecule has 1 unspecified atom stereocenters. The summed E-state index contributed by atoms with van der Waals surface area (Å²) in [6, 6.07) is 5.67. The Balaban J connectivity index is 1.85. The molecule has 1 saturated heterocycles. The fraction of sp³-hybridized carbons (Fsp3) is 0.533. The number of piperidine rings is 1. The predicted octanol–water partition coefficient (Wildman–Crippen LogP) is 2.19. The minimum atomic E-state index is -0.272. The molecule has 3 N–H and O–H groups in total. The van der Waals surface area contributed by atoms with Gasteiger partial charge in [-0.2, -0.15) is 0 Å². The third-order valence-electron chi connectivity index (χ3n) is 3.90. The summed E-state index contributed by atoms with van der Waals surface area (Å²) < 4.78 is 13.7. The molecule has 1 amide bonds. The van der Waals surface area contributed by atoms with Crippen LogP contribution in [0.5, 0.6) is 0 Å². The molecule has 1 heterocycles. The summed E-state index contributed by atoms with van der Waals surface area (Å²) in [6.07, 6.45) is 1.97. The van der Waals surface area contributed by atoms with Crippen molar-refractivity contribution < 1.29 is 9.18 Å². The number of carbonyl (C=O) groups is 1. The van der Waals surface area contributed by atoms with Crippen molar-refractivity contribution in [1.29, 1.82) is 0 Å². The van der Waals surface area contributed by atoms with Crippen LogP contribution >= 0.6 is 15.9 Å². The largest absolute Gasteiger partial charge is 0.369 e. The van der Waals surface area contributed by atoms with Gasteiger partial charge in [-0.3, -0.25) is 9.69 Å². The van der Waals surface area contributed by atoms with Crippen molar-refractivity contribution in [3.8, 4) is 0 Å². The van der Waals surface area contributed by atoms with Crippen LogP contribution in [0.1, 0.15) is 31.4 Å². The first-order valence-corrected chi connectivity index (χ1v) is 7.96. The summed E-state index contributed by atoms with van der Waals surface area (Å²) >= 11 is 3.22. The maximum Gasteiger partial charge on any atom is 0.231 e. The standard InChI is InChI=1S/C15H21BrFN3O/c1-10(11-2-3-14(17)13(16)8-11)19-12-4-6-20(7-5-12)9-15(18)21/h2-3,8,10,12,19H,4-7,9H2,1H3,(H2,18,21). The van der Waals surface area contributed by atoms with Crippen molar-refractivity contribution >= 4 is 21.8 Å². The highest BCUT2D eigenvalue weighted by Gasteiger charge is 2.21. The normalized spacial score (nSPS) is 18.6. The molecule has 0 radical (unpaired) electrons. The highest BCUT2D eigenvalue weighted by Crippen LogP contribution is 2.22. The number of benzene rings is 1. The molecule has 0 bridgehead atoms. The lowest BCUT2D eigenvalue weighted by atomic mass is 10.0. The molecule has 1 fully saturated rings. The molecule has 2 rings (SSSR count). The van der Waals surface area contributed by atoms with Crippen LogP contribution in [0, 0.1) is 5.82 Å². The Labute approximate surface area is 133 Å². The number of likely N-dealkylation sites (tertiary alicyclic amines) is 1. The Morgan fingerprint density at radius 3 is 2.76 bits per heavy atom. The maximum atomic E-state index is 13.3. The minimum absolute atomic E-state index is 0.162. The van der Waals surface area contributed by atoms with E-state index in [1.165, 1.54) is 6.07 Å². The molecule has 1 aliphatic heterocycles. The summed E-state index contributed by atoms with van der Waals surface area (Å²) in [5.74, 6) is -0.517. The maximum absolute atomic E-state index is 13.3. The molecular formula is C15H21BrFN3O. The molecule has 21 heavy (non-hydrogen) atoms. The van der Waals surface area contributed by atoms with E-state index in [0.717, 1.165) is 31.5 Å². The van der Waals surface area contributed by atoms with Gasteiger partial charge in [0.1, 0.15) is 5.82 Å². The van der Waals surface area contributed by atoms with Crippen LogP contribution in [-0.4, -0.2) is 36.5 Å². The van der Waals surface area contributed by atoms with Gasteiger partial charge in [-0.1, -0.05) is 6.07 Å². The number of hydrogen-bond acceptors (Lipinski definition) is 3. The van der Waals surface area contributed by atoms with Gasteiger partial charge in [-0.25, -0.2) is 4.39 Å². The average Bonchev–Trinajstić information content (AvgIpc) is 2.43. The first kappa shape index (κ1) is 16.4. The summed E-state index contributed by atoms with van der Waals surface area (Å²) in [5.41, 5.74) is 6.27. The zero-order valence-electron chi connectivity index (χ0n) is 12.1. The monoisotopic (exact) mass is 357 g/mol. The van der Waals surface area contributed by atoms with Crippen LogP contribution in [-0.2, 0) is 4.79 Å². The van der Waals surface area contributed by atoms with E-state index in [1.807, 2.05) is 6.07 Å². The number of amides is 1. The summed E-state index contributed by atoms with van der Waals surface area (Å²) in [7, 11) is 0. The van der Waals surface area contributed by atoms with E-state index in [9.17, 15) is 9.18 Å². The van der Waals surface area contributed by atoms with Gasteiger partial charge in [0, 0.05) is 25.2 Å². The molecule has 1 aromatic rings. The highest BCUT2D eigenvalue weighted by molar-refractivity contribution is 9.10. The van der Waals surface area contributed by atoms with Gasteiger partial charge >= 0.3 is 0 Å². The summed E-state index contributed by atoms with van der Waals surface area (Å²) in [4.78, 5) is 13.0. The summed E-state index contributed by atoms with van der Waals surface area (Å²) in [6.45, 7) is 4.17. The molecule has 1 atom stereocenters. The van der Waals surface area contributed by atoms with Gasteiger partial charge < -0.3 is 11.1 Å². The molecule has 1 aromatic carbocycles. The van der Waals surface area contributed by atoms with Crippen LogP contribution in [0.2, 0.25) is 0 Å². The second-order valence-electron chi connectivity index (χ2n) is 5.58. The predicted molar refractivity (Wildman–Crippen MR) is 84.3 cm³/mol. The fourth-order valence-corrected chi connectivity index (χ4v) is 3.11. The molecule has 1 aliphatic rings. The zero-order chi connectivity index (χ0) is 15.4. The Bertz CT molecular complexity index is 504. The lowest BCUT2D eigenvalue weighted by Gasteiger charge is -2.33. The second kappa shape index (κ2) is 7.33. The van der Waals surface area contributed by atoms with Crippen LogP contribution in [0.4, 0.5) is 4.39 Å². The van der Waals surface area contributed by atoms with Crippen LogP contribution in [0.15, 0.2) is 22.7 Å². The quantitative estimate of drug-likeness (QED) is 0.849. The number of halogens is 2. The van der Waals surface area contributed by atoms with Crippen molar-refractivity contribution in [1.82, 2.24) is 10.2 Å². The van der Waals surface area contributed by atoms with Crippen molar-refractivity contribution in [2.45, 2.75) is 31.8 Å². The number of hydrogen-bond donors (Lipinski definition) is 2. The summed E-state index contributed by atoms with van der Waals surface area (Å²) in [5, 5.41) is 3.57. The molecule has 116 valence electrons. The molecule has 0 saturated carbocycles. The Morgan fingerprint density at radius 1 is 1.52 bits per heavy atom. The lowest BCUT2D eigenvalue weighted by Crippen LogP contribution is -2.45. The van der Waals surface area contributed by atoms with Gasteiger partial charge in [-0.15, -0.1) is 0 Å². The zero-order valence-corrected chi connectivity index (χ0v) is 13.7. The van der Waals surface area contributed by atoms with Crippen LogP contribution in [0.25, 0.3) is 0 Å². The smallest absolute Gasteiger partial charge is 0.231 e. The Kier molecular flexibility index (Phi) is 5.72. The fourth-order valence-electron chi connectivity index (χ4n) is 2.71. The van der Waals surface area contributed by atoms with Crippen molar-refractivity contribution in [2.24, 2.45) is 5.73 Å². The van der Waals surface area contributed by atoms with Gasteiger partial charge in [0.05, 0.1) is 11.0 Å². The average molecular weight is 358 g/mol. The molecular weight excluding hydrogens is 337 g/mol. The topological polar surface area (TPSA) is 58.4 Å². The molecule has 0 aliphatic carbocycles. The van der Waals surface area contributed by atoms with E-state index in [4.69, 9.17) is 5.73 Å². The number of nitrogens with zero attached hydrogens (tertiary/aromatic N) is 1. The molecule has 4 nitrogen and oxygen atoms in total. The Hall–Kier alpha value is -0.980. The Morgan fingerprint density at radius 2 is 2.19 bits per heavy atom. The molecule has 0 aromatic heterocycles. The SMILES string of the molecule is CC(NC1CCN(CC(N)=O)CC1)c1ccc(F)c(Br)c1. The number of nitrogens with one attached hydrogen (secondary N) is 1. The third-order valence-corrected chi connectivity index (χ3v) is 4.50. The van der Waals surface area contributed by atoms with E-state index in [2.05, 4.69) is 33.1 Å². The molecule has 0 spiro atoms. The third kappa shape index (κ3) is 4.76. The van der Waals surface area contributed by atoms with Gasteiger partial charge in [0.2, 0.25) is 5.91 Å². The van der Waals surface area contributed by atoms with Crippen LogP contribution < -0.4 is 11.1 Å². The van der Waals surface area contributed by atoms with Gasteiger partial charge in [0.15, 0.2) is 0 Å². The first-order valence-electron chi connectivity index (χ1n) is 7.17. The van der Waals surface area contributed by atoms with E-state index in [-0.39, 0.29) is 17.8 Å². The highest BCUT2D eigenvalue weighted by atomic mass is 79.9.